The highest BCUT2D eigenvalue weighted by atomic mass is 32.1. The van der Waals surface area contributed by atoms with E-state index in [4.69, 9.17) is 0 Å². The number of amides is 1. The van der Waals surface area contributed by atoms with E-state index < -0.39 is 0 Å². The molecule has 6 heteroatoms. The van der Waals surface area contributed by atoms with E-state index in [1.54, 1.807) is 17.5 Å². The van der Waals surface area contributed by atoms with Crippen molar-refractivity contribution in [3.8, 4) is 5.75 Å². The number of carbonyl (C=O) groups is 1. The summed E-state index contributed by atoms with van der Waals surface area (Å²) in [5.74, 6) is -0.760. The molecule has 0 radical (unpaired) electrons. The van der Waals surface area contributed by atoms with Gasteiger partial charge in [0.05, 0.1) is 10.6 Å². The number of nitrogens with zero attached hydrogens (tertiary/aromatic N) is 1. The van der Waals surface area contributed by atoms with E-state index in [9.17, 15) is 14.3 Å². The molecule has 108 valence electrons. The van der Waals surface area contributed by atoms with E-state index in [0.29, 0.717) is 28.1 Å². The number of halogens is 1. The molecular formula is C15H13FN2O2S. The Labute approximate surface area is 124 Å². The molecule has 0 saturated heterocycles. The van der Waals surface area contributed by atoms with Gasteiger partial charge in [-0.1, -0.05) is 13.0 Å². The van der Waals surface area contributed by atoms with Crippen LogP contribution in [0.4, 0.5) is 4.39 Å². The van der Waals surface area contributed by atoms with E-state index in [1.165, 1.54) is 23.5 Å². The van der Waals surface area contributed by atoms with Crippen molar-refractivity contribution < 1.29 is 14.3 Å². The van der Waals surface area contributed by atoms with Crippen molar-refractivity contribution in [1.29, 1.82) is 0 Å². The molecule has 2 aromatic rings. The third-order valence-corrected chi connectivity index (χ3v) is 4.36. The van der Waals surface area contributed by atoms with Crippen molar-refractivity contribution in [3.05, 3.63) is 51.5 Å². The van der Waals surface area contributed by atoms with Crippen LogP contribution in [-0.4, -0.2) is 16.7 Å². The Morgan fingerprint density at radius 2 is 2.29 bits per heavy atom. The number of phenolic OH excluding ortho intramolecular Hbond substituents is 1. The van der Waals surface area contributed by atoms with Crippen LogP contribution in [0.5, 0.6) is 5.75 Å². The molecule has 0 saturated carbocycles. The summed E-state index contributed by atoms with van der Waals surface area (Å²) < 4.78 is 13.9. The molecule has 2 N–H and O–H groups in total. The minimum Gasteiger partial charge on any atom is -0.507 e. The minimum absolute atomic E-state index is 0.0140. The Bertz CT molecular complexity index is 726. The van der Waals surface area contributed by atoms with Crippen LogP contribution in [0.15, 0.2) is 34.7 Å². The number of hydrogen-bond acceptors (Lipinski definition) is 4. The number of carbonyl (C=O) groups excluding carboxylic acids is 1. The number of aromatic hydroxyl groups is 1. The summed E-state index contributed by atoms with van der Waals surface area (Å²) in [6.45, 7) is 1.87. The van der Waals surface area contributed by atoms with Gasteiger partial charge in [0.1, 0.15) is 11.6 Å². The topological polar surface area (TPSA) is 61.7 Å². The average molecular weight is 304 g/mol. The van der Waals surface area contributed by atoms with E-state index >= 15 is 0 Å². The number of fused-ring (bicyclic) bond motifs is 1. The summed E-state index contributed by atoms with van der Waals surface area (Å²) in [6, 6.07) is 6.03. The van der Waals surface area contributed by atoms with Gasteiger partial charge in [0.15, 0.2) is 0 Å². The van der Waals surface area contributed by atoms with E-state index in [0.717, 1.165) is 0 Å². The summed E-state index contributed by atoms with van der Waals surface area (Å²) in [6.07, 6.45) is 0.481. The van der Waals surface area contributed by atoms with Crippen LogP contribution < -0.4 is 5.43 Å². The second kappa shape index (κ2) is 5.29. The van der Waals surface area contributed by atoms with E-state index in [1.807, 2.05) is 6.92 Å². The molecule has 0 spiro atoms. The number of phenols is 1. The SMILES string of the molecule is C[C@H]1C/C(=N\NC(=O)c2cccs2)c2c(O)ccc(F)c21. The number of hydrazone groups is 1. The van der Waals surface area contributed by atoms with Gasteiger partial charge in [-0.2, -0.15) is 5.10 Å². The summed E-state index contributed by atoms with van der Waals surface area (Å²) >= 11 is 1.31. The monoisotopic (exact) mass is 304 g/mol. The maximum absolute atomic E-state index is 13.9. The first-order valence-corrected chi connectivity index (χ1v) is 7.38. The van der Waals surface area contributed by atoms with Crippen molar-refractivity contribution in [2.75, 3.05) is 0 Å². The molecule has 1 aliphatic carbocycles. The molecule has 3 rings (SSSR count). The zero-order chi connectivity index (χ0) is 15.0. The lowest BCUT2D eigenvalue weighted by Crippen LogP contribution is -2.18. The largest absolute Gasteiger partial charge is 0.507 e. The molecule has 1 aromatic heterocycles. The fraction of sp³-hybridized carbons (Fsp3) is 0.200. The highest BCUT2D eigenvalue weighted by Crippen LogP contribution is 2.39. The molecule has 21 heavy (non-hydrogen) atoms. The molecule has 4 nitrogen and oxygen atoms in total. The van der Waals surface area contributed by atoms with Crippen molar-refractivity contribution >= 4 is 23.0 Å². The van der Waals surface area contributed by atoms with Crippen LogP contribution in [-0.2, 0) is 0 Å². The summed E-state index contributed by atoms with van der Waals surface area (Å²) in [7, 11) is 0. The zero-order valence-corrected chi connectivity index (χ0v) is 12.1. The molecule has 1 aromatic carbocycles. The third kappa shape index (κ3) is 2.42. The zero-order valence-electron chi connectivity index (χ0n) is 11.3. The maximum Gasteiger partial charge on any atom is 0.281 e. The summed E-state index contributed by atoms with van der Waals surface area (Å²) in [5.41, 5.74) is 3.82. The van der Waals surface area contributed by atoms with Crippen LogP contribution in [0.3, 0.4) is 0 Å². The van der Waals surface area contributed by atoms with Crippen LogP contribution in [0.2, 0.25) is 0 Å². The van der Waals surface area contributed by atoms with E-state index in [2.05, 4.69) is 10.5 Å². The highest BCUT2D eigenvalue weighted by Gasteiger charge is 2.30. The van der Waals surface area contributed by atoms with E-state index in [-0.39, 0.29) is 23.4 Å². The fourth-order valence-corrected chi connectivity index (χ4v) is 3.16. The molecular weight excluding hydrogens is 291 g/mol. The van der Waals surface area contributed by atoms with Crippen molar-refractivity contribution in [2.45, 2.75) is 19.3 Å². The van der Waals surface area contributed by atoms with Crippen molar-refractivity contribution in [3.63, 3.8) is 0 Å². The molecule has 0 bridgehead atoms. The van der Waals surface area contributed by atoms with Gasteiger partial charge in [-0.05, 0) is 35.9 Å². The lowest BCUT2D eigenvalue weighted by molar-refractivity contribution is 0.0959. The first kappa shape index (κ1) is 13.8. The van der Waals surface area contributed by atoms with Gasteiger partial charge in [-0.15, -0.1) is 11.3 Å². The minimum atomic E-state index is -0.356. The molecule has 0 unspecified atom stereocenters. The second-order valence-electron chi connectivity index (χ2n) is 4.94. The quantitative estimate of drug-likeness (QED) is 0.837. The molecule has 0 aliphatic heterocycles. The Hall–Kier alpha value is -2.21. The Balaban J connectivity index is 1.91. The Morgan fingerprint density at radius 1 is 1.48 bits per heavy atom. The molecule has 1 amide bonds. The number of benzene rings is 1. The van der Waals surface area contributed by atoms with Crippen LogP contribution in [0, 0.1) is 5.82 Å². The van der Waals surface area contributed by atoms with Gasteiger partial charge in [-0.3, -0.25) is 4.79 Å². The van der Waals surface area contributed by atoms with Gasteiger partial charge < -0.3 is 5.11 Å². The summed E-state index contributed by atoms with van der Waals surface area (Å²) in [5, 5.41) is 15.8. The first-order chi connectivity index (χ1) is 10.1. The first-order valence-electron chi connectivity index (χ1n) is 6.50. The Kier molecular flexibility index (Phi) is 3.47. The van der Waals surface area contributed by atoms with Gasteiger partial charge in [-0.25, -0.2) is 9.82 Å². The molecule has 1 atom stereocenters. The smallest absolute Gasteiger partial charge is 0.281 e. The number of thiophene rings is 1. The van der Waals surface area contributed by atoms with Crippen molar-refractivity contribution in [2.24, 2.45) is 5.10 Å². The fourth-order valence-electron chi connectivity index (χ4n) is 2.54. The standard InChI is InChI=1S/C15H13FN2O2S/c1-8-7-10(14-11(19)5-4-9(16)13(8)14)17-18-15(20)12-3-2-6-21-12/h2-6,8,19H,7H2,1H3,(H,18,20)/b17-10+/t8-/m0/s1. The maximum atomic E-state index is 13.9. The predicted molar refractivity (Wildman–Crippen MR) is 79.4 cm³/mol. The Morgan fingerprint density at radius 3 is 3.00 bits per heavy atom. The highest BCUT2D eigenvalue weighted by molar-refractivity contribution is 7.12. The third-order valence-electron chi connectivity index (χ3n) is 3.49. The number of hydrogen-bond donors (Lipinski definition) is 2. The average Bonchev–Trinajstić information content (AvgIpc) is 3.09. The molecule has 1 heterocycles. The molecule has 0 fully saturated rings. The second-order valence-corrected chi connectivity index (χ2v) is 5.88. The number of rotatable bonds is 2. The predicted octanol–water partition coefficient (Wildman–Crippen LogP) is 3.23. The van der Waals surface area contributed by atoms with Crippen LogP contribution in [0.1, 0.15) is 40.1 Å². The normalized spacial score (nSPS) is 18.8. The van der Waals surface area contributed by atoms with Gasteiger partial charge >= 0.3 is 0 Å². The van der Waals surface area contributed by atoms with Gasteiger partial charge in [0.2, 0.25) is 0 Å². The lowest BCUT2D eigenvalue weighted by Gasteiger charge is -2.06. The summed E-state index contributed by atoms with van der Waals surface area (Å²) in [4.78, 5) is 12.4. The van der Waals surface area contributed by atoms with Crippen molar-refractivity contribution in [1.82, 2.24) is 5.43 Å². The van der Waals surface area contributed by atoms with Gasteiger partial charge in [0.25, 0.3) is 5.91 Å². The molecule has 1 aliphatic rings. The van der Waals surface area contributed by atoms with Gasteiger partial charge in [0, 0.05) is 11.1 Å². The van der Waals surface area contributed by atoms with Crippen LogP contribution in [0.25, 0.3) is 0 Å². The van der Waals surface area contributed by atoms with Crippen LogP contribution >= 0.6 is 11.3 Å². The lowest BCUT2D eigenvalue weighted by atomic mass is 10.0. The number of nitrogens with one attached hydrogen (secondary N) is 1.